The van der Waals surface area contributed by atoms with E-state index in [2.05, 4.69) is 11.9 Å². The van der Waals surface area contributed by atoms with Crippen LogP contribution in [0, 0.1) is 5.92 Å². The van der Waals surface area contributed by atoms with Gasteiger partial charge >= 0.3 is 0 Å². The first-order valence-corrected chi connectivity index (χ1v) is 10.2. The number of ether oxygens (including phenoxy) is 1. The molecule has 3 aliphatic rings. The summed E-state index contributed by atoms with van der Waals surface area (Å²) in [6.45, 7) is 3.00. The van der Waals surface area contributed by atoms with Crippen LogP contribution in [0.2, 0.25) is 0 Å². The smallest absolute Gasteiger partial charge is 0.281 e. The van der Waals surface area contributed by atoms with Gasteiger partial charge in [0, 0.05) is 45.4 Å². The van der Waals surface area contributed by atoms with Crippen LogP contribution in [0.25, 0.3) is 0 Å². The van der Waals surface area contributed by atoms with Crippen molar-refractivity contribution < 1.29 is 13.2 Å². The van der Waals surface area contributed by atoms with E-state index in [1.165, 1.54) is 23.6 Å². The van der Waals surface area contributed by atoms with E-state index in [1.807, 2.05) is 0 Å². The molecule has 23 heavy (non-hydrogen) atoms. The molecule has 1 unspecified atom stereocenters. The van der Waals surface area contributed by atoms with Crippen LogP contribution in [0.5, 0.6) is 0 Å². The van der Waals surface area contributed by atoms with Crippen molar-refractivity contribution in [3.8, 4) is 0 Å². The molecule has 2 saturated heterocycles. The molecule has 0 N–H and O–H groups in total. The molecule has 0 amide bonds. The molecule has 3 fully saturated rings. The highest BCUT2D eigenvalue weighted by atomic mass is 32.2. The van der Waals surface area contributed by atoms with Crippen LogP contribution < -0.4 is 0 Å². The maximum Gasteiger partial charge on any atom is 0.281 e. The molecular weight excluding hydrogens is 314 g/mol. The lowest BCUT2D eigenvalue weighted by molar-refractivity contribution is 0.0278. The van der Waals surface area contributed by atoms with Crippen molar-refractivity contribution in [2.24, 2.45) is 5.92 Å². The predicted molar refractivity (Wildman–Crippen MR) is 90.5 cm³/mol. The van der Waals surface area contributed by atoms with Gasteiger partial charge in [0.1, 0.15) is 0 Å². The van der Waals surface area contributed by atoms with Gasteiger partial charge in [0.15, 0.2) is 0 Å². The van der Waals surface area contributed by atoms with Crippen molar-refractivity contribution in [2.75, 3.05) is 47.4 Å². The molecule has 1 atom stereocenters. The molecule has 0 aromatic heterocycles. The Morgan fingerprint density at radius 3 is 2.30 bits per heavy atom. The van der Waals surface area contributed by atoms with Crippen LogP contribution in [-0.2, 0) is 14.9 Å². The van der Waals surface area contributed by atoms with Gasteiger partial charge in [0.05, 0.1) is 6.61 Å². The van der Waals surface area contributed by atoms with E-state index in [4.69, 9.17) is 4.74 Å². The van der Waals surface area contributed by atoms with Crippen molar-refractivity contribution >= 4 is 10.2 Å². The van der Waals surface area contributed by atoms with E-state index in [0.29, 0.717) is 19.1 Å². The fourth-order valence-corrected chi connectivity index (χ4v) is 5.12. The Labute approximate surface area is 140 Å². The number of likely N-dealkylation sites (N-methyl/N-ethyl adjacent to an activating group) is 1. The van der Waals surface area contributed by atoms with Crippen molar-refractivity contribution in [3.63, 3.8) is 0 Å². The largest absolute Gasteiger partial charge is 0.380 e. The summed E-state index contributed by atoms with van der Waals surface area (Å²) in [4.78, 5) is 2.49. The summed E-state index contributed by atoms with van der Waals surface area (Å²) in [6.07, 6.45) is 6.85. The van der Waals surface area contributed by atoms with Crippen molar-refractivity contribution in [3.05, 3.63) is 0 Å². The summed E-state index contributed by atoms with van der Waals surface area (Å²) in [5.74, 6) is 0.815. The van der Waals surface area contributed by atoms with Gasteiger partial charge in [0.2, 0.25) is 0 Å². The van der Waals surface area contributed by atoms with Crippen molar-refractivity contribution in [1.82, 2.24) is 13.5 Å². The average Bonchev–Trinajstić information content (AvgIpc) is 3.29. The van der Waals surface area contributed by atoms with E-state index >= 15 is 0 Å². The van der Waals surface area contributed by atoms with E-state index in [9.17, 15) is 8.42 Å². The quantitative estimate of drug-likeness (QED) is 0.725. The van der Waals surface area contributed by atoms with Crippen LogP contribution in [0.1, 0.15) is 38.5 Å². The second-order valence-electron chi connectivity index (χ2n) is 7.70. The first-order chi connectivity index (χ1) is 10.8. The summed E-state index contributed by atoms with van der Waals surface area (Å²) in [5.41, 5.74) is 0.173. The molecule has 2 aliphatic heterocycles. The maximum absolute atomic E-state index is 12.3. The highest BCUT2D eigenvalue weighted by Gasteiger charge is 2.47. The van der Waals surface area contributed by atoms with Gasteiger partial charge in [-0.05, 0) is 51.5 Å². The third-order valence-electron chi connectivity index (χ3n) is 6.04. The van der Waals surface area contributed by atoms with Crippen LogP contribution in [0.15, 0.2) is 0 Å². The Hall–Kier alpha value is -0.210. The molecule has 134 valence electrons. The first-order valence-electron chi connectivity index (χ1n) is 8.83. The molecule has 3 rings (SSSR count). The Bertz CT molecular complexity index is 511. The Morgan fingerprint density at radius 2 is 1.74 bits per heavy atom. The lowest BCUT2D eigenvalue weighted by atomic mass is 9.86. The Balaban J connectivity index is 1.53. The van der Waals surface area contributed by atoms with Gasteiger partial charge in [-0.2, -0.15) is 17.0 Å². The van der Waals surface area contributed by atoms with Gasteiger partial charge in [0.25, 0.3) is 10.2 Å². The van der Waals surface area contributed by atoms with Crippen LogP contribution in [0.4, 0.5) is 0 Å². The van der Waals surface area contributed by atoms with E-state index in [1.54, 1.807) is 18.4 Å². The highest BCUT2D eigenvalue weighted by Crippen LogP contribution is 2.41. The second-order valence-corrected chi connectivity index (χ2v) is 9.84. The molecule has 6 nitrogen and oxygen atoms in total. The number of piperidine rings is 1. The lowest BCUT2D eigenvalue weighted by Crippen LogP contribution is -2.55. The number of likely N-dealkylation sites (tertiary alicyclic amines) is 1. The number of rotatable bonds is 6. The maximum atomic E-state index is 12.3. The number of hydrogen-bond acceptors (Lipinski definition) is 4. The minimum Gasteiger partial charge on any atom is -0.380 e. The SMILES string of the molecule is CN1C(COCC2CC2)CCC12CCN(S(=O)(=O)N(C)C)CC2. The zero-order valence-electron chi connectivity index (χ0n) is 14.7. The molecule has 7 heteroatoms. The third kappa shape index (κ3) is 3.58. The minimum atomic E-state index is -3.27. The van der Waals surface area contributed by atoms with Crippen LogP contribution in [0.3, 0.4) is 0 Å². The zero-order chi connectivity index (χ0) is 16.7. The number of hydrogen-bond donors (Lipinski definition) is 0. The summed E-state index contributed by atoms with van der Waals surface area (Å²) in [6, 6.07) is 0.491. The fourth-order valence-electron chi connectivity index (χ4n) is 4.01. The van der Waals surface area contributed by atoms with Gasteiger partial charge < -0.3 is 4.74 Å². The molecule has 1 saturated carbocycles. The van der Waals surface area contributed by atoms with Crippen molar-refractivity contribution in [2.45, 2.75) is 50.1 Å². The molecule has 1 spiro atoms. The average molecular weight is 346 g/mol. The zero-order valence-corrected chi connectivity index (χ0v) is 15.5. The Kier molecular flexibility index (Phi) is 5.05. The minimum absolute atomic E-state index is 0.173. The van der Waals surface area contributed by atoms with Gasteiger partial charge in [-0.25, -0.2) is 0 Å². The van der Waals surface area contributed by atoms with Gasteiger partial charge in [-0.3, -0.25) is 4.90 Å². The second kappa shape index (κ2) is 6.59. The molecule has 0 aromatic carbocycles. The normalized spacial score (nSPS) is 29.7. The molecule has 0 bridgehead atoms. The molecule has 2 heterocycles. The first kappa shape index (κ1) is 17.6. The summed E-state index contributed by atoms with van der Waals surface area (Å²) in [5, 5.41) is 0. The lowest BCUT2D eigenvalue weighted by Gasteiger charge is -2.44. The fraction of sp³-hybridized carbons (Fsp3) is 1.00. The number of nitrogens with zero attached hydrogens (tertiary/aromatic N) is 3. The molecular formula is C16H31N3O3S. The van der Waals surface area contributed by atoms with E-state index in [-0.39, 0.29) is 5.54 Å². The van der Waals surface area contributed by atoms with Crippen LogP contribution in [-0.4, -0.2) is 81.0 Å². The molecule has 1 aliphatic carbocycles. The predicted octanol–water partition coefficient (Wildman–Crippen LogP) is 1.15. The topological polar surface area (TPSA) is 53.1 Å². The molecule has 0 radical (unpaired) electrons. The Morgan fingerprint density at radius 1 is 1.09 bits per heavy atom. The van der Waals surface area contributed by atoms with Crippen LogP contribution >= 0.6 is 0 Å². The monoisotopic (exact) mass is 345 g/mol. The van der Waals surface area contributed by atoms with E-state index in [0.717, 1.165) is 38.4 Å². The summed E-state index contributed by atoms with van der Waals surface area (Å²) in [7, 11) is 2.14. The standard InChI is InChI=1S/C16H31N3O3S/c1-17(2)23(20,21)19-10-8-16(9-11-19)7-6-15(18(16)3)13-22-12-14-4-5-14/h14-15H,4-13H2,1-3H3. The summed E-state index contributed by atoms with van der Waals surface area (Å²) >= 11 is 0. The third-order valence-corrected chi connectivity index (χ3v) is 7.98. The summed E-state index contributed by atoms with van der Waals surface area (Å²) < 4.78 is 33.4. The highest BCUT2D eigenvalue weighted by molar-refractivity contribution is 7.86. The van der Waals surface area contributed by atoms with Crippen molar-refractivity contribution in [1.29, 1.82) is 0 Å². The van der Waals surface area contributed by atoms with E-state index < -0.39 is 10.2 Å². The van der Waals surface area contributed by atoms with Gasteiger partial charge in [-0.15, -0.1) is 0 Å². The molecule has 0 aromatic rings. The van der Waals surface area contributed by atoms with Gasteiger partial charge in [-0.1, -0.05) is 0 Å².